The number of amides is 2. The van der Waals surface area contributed by atoms with E-state index in [1.165, 1.54) is 0 Å². The molecule has 0 N–H and O–H groups in total. The minimum absolute atomic E-state index is 0.0599. The third-order valence-corrected chi connectivity index (χ3v) is 6.99. The van der Waals surface area contributed by atoms with E-state index in [0.717, 1.165) is 27.8 Å². The number of nitrogens with zero attached hydrogens (tertiary/aromatic N) is 3. The number of rotatable bonds is 5. The quantitative estimate of drug-likeness (QED) is 0.295. The average molecular weight is 490 g/mol. The second kappa shape index (κ2) is 9.13. The van der Waals surface area contributed by atoms with Crippen molar-refractivity contribution < 1.29 is 14.0 Å². The van der Waals surface area contributed by atoms with Gasteiger partial charge in [-0.2, -0.15) is 0 Å². The number of carbonyl (C=O) groups excluding carboxylic acids is 2. The Bertz CT molecular complexity index is 1600. The van der Waals surface area contributed by atoms with Gasteiger partial charge in [0.2, 0.25) is 5.91 Å². The number of aromatic nitrogens is 1. The Morgan fingerprint density at radius 1 is 0.865 bits per heavy atom. The molecule has 5 aromatic rings. The molecular formula is C31H27N3O3. The van der Waals surface area contributed by atoms with Gasteiger partial charge in [0.15, 0.2) is 0 Å². The van der Waals surface area contributed by atoms with Crippen LogP contribution in [0.3, 0.4) is 0 Å². The predicted molar refractivity (Wildman–Crippen MR) is 144 cm³/mol. The molecule has 0 bridgehead atoms. The SMILES string of the molecule is CC(C)N(CC(=O)N1c2ccccc2-n2cccc2C1c1ccco1)C(=O)c1ccc2ccccc2c1. The molecule has 3 aromatic carbocycles. The first-order chi connectivity index (χ1) is 18.0. The maximum atomic E-state index is 14.1. The summed E-state index contributed by atoms with van der Waals surface area (Å²) in [5.74, 6) is 0.321. The molecule has 0 saturated carbocycles. The fraction of sp³-hybridized carbons (Fsp3) is 0.161. The predicted octanol–water partition coefficient (Wildman–Crippen LogP) is 6.21. The van der Waals surface area contributed by atoms with Gasteiger partial charge in [-0.25, -0.2) is 0 Å². The van der Waals surface area contributed by atoms with Crippen molar-refractivity contribution in [1.29, 1.82) is 0 Å². The number of fused-ring (bicyclic) bond motifs is 4. The third-order valence-electron chi connectivity index (χ3n) is 6.99. The summed E-state index contributed by atoms with van der Waals surface area (Å²) in [6, 6.07) is 28.5. The smallest absolute Gasteiger partial charge is 0.254 e. The van der Waals surface area contributed by atoms with E-state index in [1.807, 2.05) is 111 Å². The number of benzene rings is 3. The highest BCUT2D eigenvalue weighted by molar-refractivity contribution is 6.04. The first kappa shape index (κ1) is 22.9. The molecule has 1 unspecified atom stereocenters. The van der Waals surface area contributed by atoms with Crippen molar-refractivity contribution in [1.82, 2.24) is 9.47 Å². The summed E-state index contributed by atoms with van der Waals surface area (Å²) in [4.78, 5) is 31.2. The second-order valence-corrected chi connectivity index (χ2v) is 9.56. The summed E-state index contributed by atoms with van der Waals surface area (Å²) >= 11 is 0. The first-order valence-corrected chi connectivity index (χ1v) is 12.4. The lowest BCUT2D eigenvalue weighted by atomic mass is 10.0. The van der Waals surface area contributed by atoms with Gasteiger partial charge >= 0.3 is 0 Å². The van der Waals surface area contributed by atoms with Crippen molar-refractivity contribution in [3.63, 3.8) is 0 Å². The van der Waals surface area contributed by atoms with Gasteiger partial charge in [-0.15, -0.1) is 0 Å². The maximum absolute atomic E-state index is 14.1. The van der Waals surface area contributed by atoms with E-state index in [-0.39, 0.29) is 24.4 Å². The summed E-state index contributed by atoms with van der Waals surface area (Å²) in [5.41, 5.74) is 3.18. The highest BCUT2D eigenvalue weighted by atomic mass is 16.3. The lowest BCUT2D eigenvalue weighted by Crippen LogP contribution is -2.48. The average Bonchev–Trinajstić information content (AvgIpc) is 3.63. The van der Waals surface area contributed by atoms with Gasteiger partial charge in [-0.05, 0) is 73.2 Å². The third kappa shape index (κ3) is 3.91. The first-order valence-electron chi connectivity index (χ1n) is 12.4. The Labute approximate surface area is 215 Å². The molecule has 1 atom stereocenters. The Morgan fingerprint density at radius 2 is 1.62 bits per heavy atom. The largest absolute Gasteiger partial charge is 0.467 e. The van der Waals surface area contributed by atoms with Gasteiger partial charge in [-0.1, -0.05) is 42.5 Å². The fourth-order valence-electron chi connectivity index (χ4n) is 5.18. The van der Waals surface area contributed by atoms with Gasteiger partial charge in [-0.3, -0.25) is 14.5 Å². The normalized spacial score (nSPS) is 14.5. The zero-order chi connectivity index (χ0) is 25.5. The van der Waals surface area contributed by atoms with E-state index < -0.39 is 6.04 Å². The molecule has 0 saturated heterocycles. The van der Waals surface area contributed by atoms with Crippen LogP contribution in [0.15, 0.2) is 108 Å². The van der Waals surface area contributed by atoms with Crippen molar-refractivity contribution in [3.05, 3.63) is 120 Å². The fourth-order valence-corrected chi connectivity index (χ4v) is 5.18. The summed E-state index contributed by atoms with van der Waals surface area (Å²) < 4.78 is 7.91. The number of furan rings is 1. The molecule has 6 heteroatoms. The summed E-state index contributed by atoms with van der Waals surface area (Å²) in [6.45, 7) is 3.81. The van der Waals surface area contributed by atoms with Crippen LogP contribution in [0.5, 0.6) is 0 Å². The minimum Gasteiger partial charge on any atom is -0.467 e. The zero-order valence-electron chi connectivity index (χ0n) is 20.7. The molecule has 6 nitrogen and oxygen atoms in total. The van der Waals surface area contributed by atoms with Crippen LogP contribution in [0.2, 0.25) is 0 Å². The standard InChI is InChI=1S/C31H27N3O3/c1-21(2)33(31(36)24-16-15-22-9-3-4-10-23(22)19-24)20-29(35)34-26-12-6-5-11-25(26)32-17-7-13-27(32)30(34)28-14-8-18-37-28/h3-19,21,30H,20H2,1-2H3. The molecule has 1 aliphatic rings. The zero-order valence-corrected chi connectivity index (χ0v) is 20.7. The van der Waals surface area contributed by atoms with Crippen LogP contribution in [0, 0.1) is 0 Å². The van der Waals surface area contributed by atoms with Crippen molar-refractivity contribution in [2.24, 2.45) is 0 Å². The van der Waals surface area contributed by atoms with Crippen LogP contribution in [-0.2, 0) is 4.79 Å². The van der Waals surface area contributed by atoms with Gasteiger partial charge in [0.05, 0.1) is 23.3 Å². The van der Waals surface area contributed by atoms with E-state index in [1.54, 1.807) is 16.1 Å². The van der Waals surface area contributed by atoms with E-state index in [4.69, 9.17) is 4.42 Å². The Hall–Kier alpha value is -4.58. The molecule has 2 amide bonds. The van der Waals surface area contributed by atoms with Crippen LogP contribution in [0.1, 0.15) is 41.7 Å². The molecule has 184 valence electrons. The van der Waals surface area contributed by atoms with Crippen molar-refractivity contribution in [3.8, 4) is 5.69 Å². The molecular weight excluding hydrogens is 462 g/mol. The van der Waals surface area contributed by atoms with Gasteiger partial charge in [0.1, 0.15) is 18.3 Å². The molecule has 0 aliphatic carbocycles. The summed E-state index contributed by atoms with van der Waals surface area (Å²) in [6.07, 6.45) is 3.62. The number of para-hydroxylation sites is 2. The van der Waals surface area contributed by atoms with Crippen LogP contribution >= 0.6 is 0 Å². The maximum Gasteiger partial charge on any atom is 0.254 e. The van der Waals surface area contributed by atoms with Crippen LogP contribution in [-0.4, -0.2) is 33.9 Å². The summed E-state index contributed by atoms with van der Waals surface area (Å²) in [7, 11) is 0. The van der Waals surface area contributed by atoms with Gasteiger partial charge in [0, 0.05) is 17.8 Å². The van der Waals surface area contributed by atoms with Gasteiger partial charge < -0.3 is 13.9 Å². The van der Waals surface area contributed by atoms with Crippen molar-refractivity contribution >= 4 is 28.3 Å². The van der Waals surface area contributed by atoms with E-state index >= 15 is 0 Å². The topological polar surface area (TPSA) is 58.7 Å². The molecule has 2 aromatic heterocycles. The van der Waals surface area contributed by atoms with Crippen LogP contribution in [0.25, 0.3) is 16.5 Å². The molecule has 6 rings (SSSR count). The monoisotopic (exact) mass is 489 g/mol. The van der Waals surface area contributed by atoms with E-state index in [9.17, 15) is 9.59 Å². The highest BCUT2D eigenvalue weighted by Gasteiger charge is 2.38. The lowest BCUT2D eigenvalue weighted by molar-refractivity contribution is -0.120. The van der Waals surface area contributed by atoms with Crippen LogP contribution < -0.4 is 4.90 Å². The van der Waals surface area contributed by atoms with Crippen molar-refractivity contribution in [2.75, 3.05) is 11.4 Å². The molecule has 0 spiro atoms. The molecule has 0 fully saturated rings. The molecule has 0 radical (unpaired) electrons. The number of hydrogen-bond acceptors (Lipinski definition) is 3. The van der Waals surface area contributed by atoms with Crippen LogP contribution in [0.4, 0.5) is 5.69 Å². The van der Waals surface area contributed by atoms with Gasteiger partial charge in [0.25, 0.3) is 5.91 Å². The van der Waals surface area contributed by atoms with E-state index in [0.29, 0.717) is 11.3 Å². The lowest BCUT2D eigenvalue weighted by Gasteiger charge is -2.38. The number of carbonyl (C=O) groups is 2. The highest BCUT2D eigenvalue weighted by Crippen LogP contribution is 2.42. The second-order valence-electron chi connectivity index (χ2n) is 9.56. The summed E-state index contributed by atoms with van der Waals surface area (Å²) in [5, 5.41) is 2.06. The van der Waals surface area contributed by atoms with Crippen molar-refractivity contribution in [2.45, 2.75) is 25.9 Å². The Balaban J connectivity index is 1.38. The Morgan fingerprint density at radius 3 is 2.38 bits per heavy atom. The Kier molecular flexibility index (Phi) is 5.64. The molecule has 1 aliphatic heterocycles. The number of hydrogen-bond donors (Lipinski definition) is 0. The minimum atomic E-state index is -0.447. The van der Waals surface area contributed by atoms with E-state index in [2.05, 4.69) is 4.57 Å². The number of anilines is 1. The molecule has 3 heterocycles. The molecule has 37 heavy (non-hydrogen) atoms.